The van der Waals surface area contributed by atoms with Crippen LogP contribution in [0.25, 0.3) is 0 Å². The third-order valence-corrected chi connectivity index (χ3v) is 3.91. The van der Waals surface area contributed by atoms with Gasteiger partial charge in [0.2, 0.25) is 10.0 Å². The first kappa shape index (κ1) is 15.3. The quantitative estimate of drug-likeness (QED) is 0.788. The first-order valence-electron chi connectivity index (χ1n) is 5.29. The van der Waals surface area contributed by atoms with Crippen LogP contribution in [0.4, 0.5) is 0 Å². The van der Waals surface area contributed by atoms with E-state index in [1.54, 1.807) is 0 Å². The summed E-state index contributed by atoms with van der Waals surface area (Å²) in [5, 5.41) is 8.70. The summed E-state index contributed by atoms with van der Waals surface area (Å²) in [5.74, 6) is -0.634. The molecule has 1 atom stereocenters. The summed E-state index contributed by atoms with van der Waals surface area (Å²) in [6.45, 7) is 1.24. The van der Waals surface area contributed by atoms with Crippen molar-refractivity contribution in [3.8, 4) is 11.5 Å². The summed E-state index contributed by atoms with van der Waals surface area (Å²) in [6, 6.07) is 2.77. The van der Waals surface area contributed by atoms with Crippen LogP contribution in [0, 0.1) is 0 Å². The van der Waals surface area contributed by atoms with Crippen LogP contribution in [0.1, 0.15) is 6.92 Å². The molecule has 0 amide bonds. The Morgan fingerprint density at radius 3 is 2.32 bits per heavy atom. The van der Waals surface area contributed by atoms with E-state index in [0.29, 0.717) is 5.75 Å². The minimum atomic E-state index is -3.93. The Labute approximate surface area is 111 Å². The molecule has 0 fully saturated rings. The average Bonchev–Trinajstić information content (AvgIpc) is 2.37. The fourth-order valence-corrected chi connectivity index (χ4v) is 2.55. The van der Waals surface area contributed by atoms with E-state index in [1.165, 1.54) is 39.3 Å². The molecular formula is C11H15NO6S. The Kier molecular flexibility index (Phi) is 4.73. The van der Waals surface area contributed by atoms with Gasteiger partial charge in [0.05, 0.1) is 19.1 Å². The van der Waals surface area contributed by atoms with Crippen LogP contribution in [-0.2, 0) is 14.8 Å². The van der Waals surface area contributed by atoms with Crippen molar-refractivity contribution >= 4 is 16.0 Å². The summed E-state index contributed by atoms with van der Waals surface area (Å²) in [6.07, 6.45) is 0. The average molecular weight is 289 g/mol. The molecule has 0 saturated heterocycles. The number of carbonyl (C=O) groups is 1. The van der Waals surface area contributed by atoms with Gasteiger partial charge in [-0.1, -0.05) is 0 Å². The largest absolute Gasteiger partial charge is 0.493 e. The van der Waals surface area contributed by atoms with E-state index < -0.39 is 22.0 Å². The summed E-state index contributed by atoms with van der Waals surface area (Å²) in [4.78, 5) is 10.6. The highest BCUT2D eigenvalue weighted by Crippen LogP contribution is 2.29. The molecule has 2 N–H and O–H groups in total. The van der Waals surface area contributed by atoms with Crippen molar-refractivity contribution in [1.29, 1.82) is 0 Å². The van der Waals surface area contributed by atoms with E-state index in [9.17, 15) is 13.2 Å². The van der Waals surface area contributed by atoms with Gasteiger partial charge in [-0.3, -0.25) is 4.79 Å². The van der Waals surface area contributed by atoms with Crippen molar-refractivity contribution in [3.63, 3.8) is 0 Å². The third kappa shape index (κ3) is 3.58. The number of carboxylic acid groups (broad SMARTS) is 1. The number of aliphatic carboxylic acids is 1. The summed E-state index contributed by atoms with van der Waals surface area (Å²) in [5.41, 5.74) is 0. The second kappa shape index (κ2) is 5.89. The number of hydrogen-bond donors (Lipinski definition) is 2. The number of methoxy groups -OCH3 is 2. The Hall–Kier alpha value is -1.80. The molecule has 0 aliphatic carbocycles. The summed E-state index contributed by atoms with van der Waals surface area (Å²) < 4.78 is 35.9. The molecule has 0 bridgehead atoms. The topological polar surface area (TPSA) is 102 Å². The number of ether oxygens (including phenoxy) is 2. The molecular weight excluding hydrogens is 274 g/mol. The zero-order chi connectivity index (χ0) is 14.6. The second-order valence-electron chi connectivity index (χ2n) is 3.70. The maximum absolute atomic E-state index is 11.9. The zero-order valence-electron chi connectivity index (χ0n) is 10.7. The highest BCUT2D eigenvalue weighted by molar-refractivity contribution is 7.89. The lowest BCUT2D eigenvalue weighted by Crippen LogP contribution is -2.38. The Bertz CT molecular complexity index is 569. The van der Waals surface area contributed by atoms with Crippen LogP contribution in [0.5, 0.6) is 11.5 Å². The molecule has 0 radical (unpaired) electrons. The molecule has 8 heteroatoms. The Morgan fingerprint density at radius 2 is 1.84 bits per heavy atom. The fourth-order valence-electron chi connectivity index (χ4n) is 1.33. The summed E-state index contributed by atoms with van der Waals surface area (Å²) >= 11 is 0. The molecule has 0 unspecified atom stereocenters. The molecule has 0 spiro atoms. The molecule has 0 aliphatic rings. The van der Waals surface area contributed by atoms with Crippen molar-refractivity contribution in [2.45, 2.75) is 17.9 Å². The van der Waals surface area contributed by atoms with Crippen molar-refractivity contribution < 1.29 is 27.8 Å². The van der Waals surface area contributed by atoms with Gasteiger partial charge in [0.25, 0.3) is 0 Å². The van der Waals surface area contributed by atoms with Crippen molar-refractivity contribution in [2.75, 3.05) is 14.2 Å². The lowest BCUT2D eigenvalue weighted by atomic mass is 10.3. The van der Waals surface area contributed by atoms with E-state index >= 15 is 0 Å². The number of sulfonamides is 1. The number of hydrogen-bond acceptors (Lipinski definition) is 5. The lowest BCUT2D eigenvalue weighted by molar-refractivity contribution is -0.138. The van der Waals surface area contributed by atoms with E-state index in [0.717, 1.165) is 0 Å². The van der Waals surface area contributed by atoms with E-state index in [-0.39, 0.29) is 10.6 Å². The van der Waals surface area contributed by atoms with Gasteiger partial charge in [0.15, 0.2) is 11.5 Å². The van der Waals surface area contributed by atoms with E-state index in [1.807, 2.05) is 4.72 Å². The lowest BCUT2D eigenvalue weighted by Gasteiger charge is -2.12. The predicted molar refractivity (Wildman–Crippen MR) is 67.0 cm³/mol. The first-order valence-corrected chi connectivity index (χ1v) is 6.77. The van der Waals surface area contributed by atoms with Crippen molar-refractivity contribution in [2.24, 2.45) is 0 Å². The number of carboxylic acids is 1. The van der Waals surface area contributed by atoms with Gasteiger partial charge >= 0.3 is 5.97 Å². The van der Waals surface area contributed by atoms with Crippen molar-refractivity contribution in [3.05, 3.63) is 18.2 Å². The normalized spacial score (nSPS) is 12.8. The molecule has 1 aromatic rings. The van der Waals surface area contributed by atoms with Gasteiger partial charge in [-0.2, -0.15) is 4.72 Å². The van der Waals surface area contributed by atoms with Crippen LogP contribution >= 0.6 is 0 Å². The van der Waals surface area contributed by atoms with Crippen LogP contribution in [0.15, 0.2) is 23.1 Å². The number of nitrogens with one attached hydrogen (secondary N) is 1. The van der Waals surface area contributed by atoms with Gasteiger partial charge < -0.3 is 14.6 Å². The smallest absolute Gasteiger partial charge is 0.321 e. The van der Waals surface area contributed by atoms with Crippen LogP contribution in [-0.4, -0.2) is 39.8 Å². The fraction of sp³-hybridized carbons (Fsp3) is 0.364. The molecule has 0 saturated carbocycles. The molecule has 1 rings (SSSR count). The highest BCUT2D eigenvalue weighted by Gasteiger charge is 2.22. The van der Waals surface area contributed by atoms with Gasteiger partial charge in [-0.15, -0.1) is 0 Å². The molecule has 19 heavy (non-hydrogen) atoms. The second-order valence-corrected chi connectivity index (χ2v) is 5.41. The van der Waals surface area contributed by atoms with Crippen LogP contribution < -0.4 is 14.2 Å². The standard InChI is InChI=1S/C11H15NO6S/c1-7(11(13)14)12-19(15,16)8-4-5-9(17-2)10(6-8)18-3/h4-7,12H,1-3H3,(H,13,14)/t7-/m1/s1. The molecule has 1 aromatic carbocycles. The zero-order valence-corrected chi connectivity index (χ0v) is 11.5. The van der Waals surface area contributed by atoms with E-state index in [4.69, 9.17) is 14.6 Å². The van der Waals surface area contributed by atoms with Gasteiger partial charge in [0, 0.05) is 6.07 Å². The maximum Gasteiger partial charge on any atom is 0.321 e. The Balaban J connectivity index is 3.12. The molecule has 0 heterocycles. The van der Waals surface area contributed by atoms with Crippen molar-refractivity contribution in [1.82, 2.24) is 4.72 Å². The molecule has 0 aromatic heterocycles. The highest BCUT2D eigenvalue weighted by atomic mass is 32.2. The van der Waals surface area contributed by atoms with Gasteiger partial charge in [-0.05, 0) is 19.1 Å². The first-order chi connectivity index (χ1) is 8.81. The minimum absolute atomic E-state index is 0.0988. The predicted octanol–water partition coefficient (Wildman–Crippen LogP) is 0.455. The molecule has 0 aliphatic heterocycles. The molecule has 7 nitrogen and oxygen atoms in total. The van der Waals surface area contributed by atoms with E-state index in [2.05, 4.69) is 0 Å². The number of benzene rings is 1. The maximum atomic E-state index is 11.9. The van der Waals surface area contributed by atoms with Gasteiger partial charge in [0.1, 0.15) is 6.04 Å². The third-order valence-electron chi connectivity index (χ3n) is 2.37. The molecule has 106 valence electrons. The SMILES string of the molecule is COc1ccc(S(=O)(=O)N[C@H](C)C(=O)O)cc1OC. The number of rotatable bonds is 6. The monoisotopic (exact) mass is 289 g/mol. The summed E-state index contributed by atoms with van der Waals surface area (Å²) in [7, 11) is -1.12. The van der Waals surface area contributed by atoms with Crippen LogP contribution in [0.2, 0.25) is 0 Å². The van der Waals surface area contributed by atoms with Crippen LogP contribution in [0.3, 0.4) is 0 Å². The minimum Gasteiger partial charge on any atom is -0.493 e. The van der Waals surface area contributed by atoms with Gasteiger partial charge in [-0.25, -0.2) is 8.42 Å². The Morgan fingerprint density at radius 1 is 1.26 bits per heavy atom.